The molecule has 1 unspecified atom stereocenters. The van der Waals surface area contributed by atoms with Crippen molar-refractivity contribution in [3.05, 3.63) is 40.5 Å². The van der Waals surface area contributed by atoms with Gasteiger partial charge in [-0.2, -0.15) is 0 Å². The molecule has 1 rings (SSSR count). The summed E-state index contributed by atoms with van der Waals surface area (Å²) in [6, 6.07) is 3.56. The van der Waals surface area contributed by atoms with Gasteiger partial charge in [0.25, 0.3) is 0 Å². The molecular formula is C7H8N4. The molecule has 0 aliphatic rings. The quantitative estimate of drug-likeness (QED) is 0.361. The molecule has 0 bridgehead atoms. The topological polar surface area (TPSA) is 61.7 Å². The summed E-state index contributed by atoms with van der Waals surface area (Å²) in [5.74, 6) is 0. The van der Waals surface area contributed by atoms with Gasteiger partial charge < -0.3 is 0 Å². The lowest BCUT2D eigenvalue weighted by molar-refractivity contribution is 0.805. The second-order valence-corrected chi connectivity index (χ2v) is 2.16. The van der Waals surface area contributed by atoms with Gasteiger partial charge in [0.05, 0.1) is 6.04 Å². The van der Waals surface area contributed by atoms with Crippen LogP contribution in [-0.4, -0.2) is 4.98 Å². The summed E-state index contributed by atoms with van der Waals surface area (Å²) < 4.78 is 0. The van der Waals surface area contributed by atoms with Crippen LogP contribution in [0, 0.1) is 0 Å². The Hall–Kier alpha value is -1.54. The lowest BCUT2D eigenvalue weighted by Gasteiger charge is -2.01. The Morgan fingerprint density at radius 2 is 2.18 bits per heavy atom. The predicted molar refractivity (Wildman–Crippen MR) is 41.8 cm³/mol. The zero-order valence-corrected chi connectivity index (χ0v) is 6.18. The third kappa shape index (κ3) is 1.95. The Bertz CT molecular complexity index is 263. The van der Waals surface area contributed by atoms with E-state index in [1.807, 2.05) is 19.1 Å². The number of nitrogens with zero attached hydrogens (tertiary/aromatic N) is 4. The maximum absolute atomic E-state index is 8.14. The maximum Gasteiger partial charge on any atom is 0.0598 e. The largest absolute Gasteiger partial charge is 0.265 e. The number of hydrogen-bond acceptors (Lipinski definition) is 2. The average Bonchev–Trinajstić information content (AvgIpc) is 2.07. The smallest absolute Gasteiger partial charge is 0.0598 e. The fraction of sp³-hybridized carbons (Fsp3) is 0.286. The Balaban J connectivity index is 2.84. The fourth-order valence-electron chi connectivity index (χ4n) is 0.786. The highest BCUT2D eigenvalue weighted by Crippen LogP contribution is 2.14. The van der Waals surface area contributed by atoms with Gasteiger partial charge in [0.15, 0.2) is 0 Å². The predicted octanol–water partition coefficient (Wildman–Crippen LogP) is 2.45. The van der Waals surface area contributed by atoms with Crippen LogP contribution in [0.1, 0.15) is 18.5 Å². The molecule has 11 heavy (non-hydrogen) atoms. The lowest BCUT2D eigenvalue weighted by Crippen LogP contribution is -1.86. The van der Waals surface area contributed by atoms with Crippen LogP contribution in [0.5, 0.6) is 0 Å². The van der Waals surface area contributed by atoms with Crippen molar-refractivity contribution in [3.63, 3.8) is 0 Å². The standard InChI is InChI=1S/C7H8N4/c1-6(10-11-8)7-2-4-9-5-3-7/h2-6H,1H3. The molecule has 0 spiro atoms. The third-order valence-electron chi connectivity index (χ3n) is 1.41. The first kappa shape index (κ1) is 7.57. The summed E-state index contributed by atoms with van der Waals surface area (Å²) in [6.07, 6.45) is 3.36. The number of pyridine rings is 1. The second kappa shape index (κ2) is 3.58. The summed E-state index contributed by atoms with van der Waals surface area (Å²) >= 11 is 0. The van der Waals surface area contributed by atoms with Crippen LogP contribution >= 0.6 is 0 Å². The van der Waals surface area contributed by atoms with Crippen molar-refractivity contribution in [2.75, 3.05) is 0 Å². The van der Waals surface area contributed by atoms with E-state index in [2.05, 4.69) is 15.0 Å². The van der Waals surface area contributed by atoms with Crippen LogP contribution in [0.15, 0.2) is 29.6 Å². The SMILES string of the molecule is CC(N=[N+]=[N-])c1ccncc1. The van der Waals surface area contributed by atoms with E-state index in [-0.39, 0.29) is 6.04 Å². The first-order valence-corrected chi connectivity index (χ1v) is 3.28. The monoisotopic (exact) mass is 148 g/mol. The van der Waals surface area contributed by atoms with Crippen LogP contribution in [-0.2, 0) is 0 Å². The van der Waals surface area contributed by atoms with E-state index in [0.717, 1.165) is 5.56 Å². The summed E-state index contributed by atoms with van der Waals surface area (Å²) in [6.45, 7) is 1.84. The normalized spacial score (nSPS) is 11.7. The van der Waals surface area contributed by atoms with E-state index in [1.54, 1.807) is 12.4 Å². The van der Waals surface area contributed by atoms with Gasteiger partial charge in [0, 0.05) is 17.3 Å². The zero-order chi connectivity index (χ0) is 8.10. The molecule has 0 saturated carbocycles. The van der Waals surface area contributed by atoms with E-state index < -0.39 is 0 Å². The van der Waals surface area contributed by atoms with Crippen molar-refractivity contribution in [1.29, 1.82) is 0 Å². The molecule has 0 aromatic carbocycles. The maximum atomic E-state index is 8.14. The van der Waals surface area contributed by atoms with Crippen molar-refractivity contribution < 1.29 is 0 Å². The van der Waals surface area contributed by atoms with E-state index in [4.69, 9.17) is 5.53 Å². The van der Waals surface area contributed by atoms with Gasteiger partial charge in [-0.3, -0.25) is 4.98 Å². The molecule has 4 nitrogen and oxygen atoms in total. The number of rotatable bonds is 2. The molecule has 0 amide bonds. The molecule has 1 heterocycles. The van der Waals surface area contributed by atoms with Crippen LogP contribution < -0.4 is 0 Å². The lowest BCUT2D eigenvalue weighted by atomic mass is 10.1. The Kier molecular flexibility index (Phi) is 2.47. The Morgan fingerprint density at radius 1 is 1.55 bits per heavy atom. The third-order valence-corrected chi connectivity index (χ3v) is 1.41. The van der Waals surface area contributed by atoms with E-state index in [0.29, 0.717) is 0 Å². The van der Waals surface area contributed by atoms with Crippen LogP contribution in [0.25, 0.3) is 10.4 Å². The summed E-state index contributed by atoms with van der Waals surface area (Å²) in [5, 5.41) is 3.55. The molecule has 4 heteroatoms. The van der Waals surface area contributed by atoms with E-state index in [9.17, 15) is 0 Å². The molecule has 56 valence electrons. The highest BCUT2D eigenvalue weighted by molar-refractivity contribution is 5.13. The van der Waals surface area contributed by atoms with Gasteiger partial charge in [0.1, 0.15) is 0 Å². The highest BCUT2D eigenvalue weighted by Gasteiger charge is 1.99. The minimum atomic E-state index is -0.108. The van der Waals surface area contributed by atoms with Crippen molar-refractivity contribution in [1.82, 2.24) is 4.98 Å². The van der Waals surface area contributed by atoms with Crippen molar-refractivity contribution in [2.24, 2.45) is 5.11 Å². The van der Waals surface area contributed by atoms with Gasteiger partial charge in [-0.15, -0.1) is 0 Å². The molecule has 0 aliphatic heterocycles. The fourth-order valence-corrected chi connectivity index (χ4v) is 0.786. The van der Waals surface area contributed by atoms with Crippen LogP contribution in [0.2, 0.25) is 0 Å². The first-order valence-electron chi connectivity index (χ1n) is 3.28. The summed E-state index contributed by atoms with van der Waals surface area (Å²) in [5.41, 5.74) is 9.12. The number of hydrogen-bond donors (Lipinski definition) is 0. The number of azide groups is 1. The highest BCUT2D eigenvalue weighted by atomic mass is 15.1. The van der Waals surface area contributed by atoms with E-state index >= 15 is 0 Å². The van der Waals surface area contributed by atoms with Crippen LogP contribution in [0.4, 0.5) is 0 Å². The molecular weight excluding hydrogens is 140 g/mol. The van der Waals surface area contributed by atoms with Gasteiger partial charge >= 0.3 is 0 Å². The Labute approximate surface area is 64.5 Å². The molecule has 0 saturated heterocycles. The molecule has 0 radical (unpaired) electrons. The van der Waals surface area contributed by atoms with Gasteiger partial charge in [-0.1, -0.05) is 12.0 Å². The van der Waals surface area contributed by atoms with Crippen LogP contribution in [0.3, 0.4) is 0 Å². The van der Waals surface area contributed by atoms with Crippen molar-refractivity contribution >= 4 is 0 Å². The molecule has 1 atom stereocenters. The van der Waals surface area contributed by atoms with Gasteiger partial charge in [0.2, 0.25) is 0 Å². The van der Waals surface area contributed by atoms with Crippen molar-refractivity contribution in [2.45, 2.75) is 13.0 Å². The minimum absolute atomic E-state index is 0.108. The number of aromatic nitrogens is 1. The average molecular weight is 148 g/mol. The van der Waals surface area contributed by atoms with Crippen molar-refractivity contribution in [3.8, 4) is 0 Å². The minimum Gasteiger partial charge on any atom is -0.265 e. The van der Waals surface area contributed by atoms with Gasteiger partial charge in [-0.05, 0) is 23.2 Å². The Morgan fingerprint density at radius 3 is 2.73 bits per heavy atom. The molecule has 0 fully saturated rings. The summed E-state index contributed by atoms with van der Waals surface area (Å²) in [4.78, 5) is 6.57. The van der Waals surface area contributed by atoms with Gasteiger partial charge in [-0.25, -0.2) is 0 Å². The molecule has 0 N–H and O–H groups in total. The summed E-state index contributed by atoms with van der Waals surface area (Å²) in [7, 11) is 0. The molecule has 1 aromatic heterocycles. The first-order chi connectivity index (χ1) is 5.34. The van der Waals surface area contributed by atoms with E-state index in [1.165, 1.54) is 0 Å². The zero-order valence-electron chi connectivity index (χ0n) is 6.18. The molecule has 0 aliphatic carbocycles. The second-order valence-electron chi connectivity index (χ2n) is 2.16. The molecule has 1 aromatic rings.